The Hall–Kier alpha value is -0.570. The Morgan fingerprint density at radius 2 is 1.88 bits per heavy atom. The first-order valence-electron chi connectivity index (χ1n) is 7.09. The van der Waals surface area contributed by atoms with Crippen LogP contribution in [-0.4, -0.2) is 24.0 Å². The lowest BCUT2D eigenvalue weighted by Gasteiger charge is -2.21. The summed E-state index contributed by atoms with van der Waals surface area (Å²) in [4.78, 5) is 11.9. The Balaban J connectivity index is 2.20. The first-order valence-corrected chi connectivity index (χ1v) is 7.09. The van der Waals surface area contributed by atoms with Gasteiger partial charge in [0, 0.05) is 12.1 Å². The standard InChI is InChI=1S/C14H28N2O/c1-5-6-10(2)16-14(17)12(4)15-11(3)9-13-7-8-13/h10-13,15H,5-9H2,1-4H3,(H,16,17). The molecule has 0 aromatic rings. The third-order valence-corrected chi connectivity index (χ3v) is 3.42. The van der Waals surface area contributed by atoms with E-state index in [1.807, 2.05) is 6.92 Å². The van der Waals surface area contributed by atoms with Crippen LogP contribution >= 0.6 is 0 Å². The highest BCUT2D eigenvalue weighted by molar-refractivity contribution is 5.81. The largest absolute Gasteiger partial charge is 0.352 e. The normalized spacial score (nSPS) is 20.7. The molecule has 0 radical (unpaired) electrons. The summed E-state index contributed by atoms with van der Waals surface area (Å²) in [6.07, 6.45) is 6.12. The predicted molar refractivity (Wildman–Crippen MR) is 71.9 cm³/mol. The molecule has 0 aliphatic heterocycles. The molecule has 0 heterocycles. The molecule has 3 unspecified atom stereocenters. The van der Waals surface area contributed by atoms with Crippen molar-refractivity contribution in [3.63, 3.8) is 0 Å². The van der Waals surface area contributed by atoms with Gasteiger partial charge in [-0.05, 0) is 39.5 Å². The van der Waals surface area contributed by atoms with Crippen molar-refractivity contribution in [3.05, 3.63) is 0 Å². The van der Waals surface area contributed by atoms with E-state index in [9.17, 15) is 4.79 Å². The van der Waals surface area contributed by atoms with Gasteiger partial charge in [-0.1, -0.05) is 26.2 Å². The molecule has 0 saturated heterocycles. The lowest BCUT2D eigenvalue weighted by Crippen LogP contribution is -2.48. The summed E-state index contributed by atoms with van der Waals surface area (Å²) in [6.45, 7) is 8.35. The zero-order valence-corrected chi connectivity index (χ0v) is 11.8. The van der Waals surface area contributed by atoms with Crippen molar-refractivity contribution in [1.82, 2.24) is 10.6 Å². The van der Waals surface area contributed by atoms with E-state index in [-0.39, 0.29) is 18.0 Å². The van der Waals surface area contributed by atoms with Gasteiger partial charge >= 0.3 is 0 Å². The van der Waals surface area contributed by atoms with Gasteiger partial charge in [0.05, 0.1) is 6.04 Å². The van der Waals surface area contributed by atoms with Crippen LogP contribution in [0.3, 0.4) is 0 Å². The SMILES string of the molecule is CCCC(C)NC(=O)C(C)NC(C)CC1CC1. The van der Waals surface area contributed by atoms with Crippen molar-refractivity contribution < 1.29 is 4.79 Å². The minimum Gasteiger partial charge on any atom is -0.352 e. The minimum atomic E-state index is -0.0805. The molecule has 0 aromatic heterocycles. The van der Waals surface area contributed by atoms with Crippen molar-refractivity contribution in [2.75, 3.05) is 0 Å². The molecule has 1 aliphatic rings. The molecule has 1 fully saturated rings. The van der Waals surface area contributed by atoms with E-state index in [2.05, 4.69) is 31.4 Å². The van der Waals surface area contributed by atoms with Crippen LogP contribution in [0, 0.1) is 5.92 Å². The summed E-state index contributed by atoms with van der Waals surface area (Å²) in [7, 11) is 0. The molecule has 3 atom stereocenters. The van der Waals surface area contributed by atoms with Crippen LogP contribution in [0.4, 0.5) is 0 Å². The first kappa shape index (κ1) is 14.5. The molecular weight excluding hydrogens is 212 g/mol. The molecule has 0 aromatic carbocycles. The molecule has 3 heteroatoms. The van der Waals surface area contributed by atoms with Gasteiger partial charge in [-0.15, -0.1) is 0 Å². The van der Waals surface area contributed by atoms with E-state index in [0.29, 0.717) is 6.04 Å². The highest BCUT2D eigenvalue weighted by atomic mass is 16.2. The average molecular weight is 240 g/mol. The zero-order valence-electron chi connectivity index (χ0n) is 11.8. The Morgan fingerprint density at radius 1 is 1.24 bits per heavy atom. The number of carbonyl (C=O) groups is 1. The minimum absolute atomic E-state index is 0.0805. The van der Waals surface area contributed by atoms with E-state index < -0.39 is 0 Å². The average Bonchev–Trinajstić information content (AvgIpc) is 3.01. The summed E-state index contributed by atoms with van der Waals surface area (Å²) in [5, 5.41) is 6.44. The highest BCUT2D eigenvalue weighted by Gasteiger charge is 2.25. The number of hydrogen-bond donors (Lipinski definition) is 2. The third-order valence-electron chi connectivity index (χ3n) is 3.42. The maximum atomic E-state index is 11.9. The summed E-state index contributed by atoms with van der Waals surface area (Å²) < 4.78 is 0. The Morgan fingerprint density at radius 3 is 2.41 bits per heavy atom. The summed E-state index contributed by atoms with van der Waals surface area (Å²) in [5.41, 5.74) is 0. The van der Waals surface area contributed by atoms with Crippen LogP contribution in [0.5, 0.6) is 0 Å². The summed E-state index contributed by atoms with van der Waals surface area (Å²) >= 11 is 0. The first-order chi connectivity index (χ1) is 8.02. The van der Waals surface area contributed by atoms with Gasteiger partial charge in [0.2, 0.25) is 5.91 Å². The number of hydrogen-bond acceptors (Lipinski definition) is 2. The summed E-state index contributed by atoms with van der Waals surface area (Å²) in [6, 6.07) is 0.656. The van der Waals surface area contributed by atoms with Crippen LogP contribution < -0.4 is 10.6 Å². The maximum Gasteiger partial charge on any atom is 0.237 e. The van der Waals surface area contributed by atoms with Crippen LogP contribution in [0.1, 0.15) is 59.8 Å². The van der Waals surface area contributed by atoms with Crippen molar-refractivity contribution in [2.45, 2.75) is 77.9 Å². The van der Waals surface area contributed by atoms with Crippen LogP contribution in [0.25, 0.3) is 0 Å². The fourth-order valence-corrected chi connectivity index (χ4v) is 2.30. The second kappa shape index (κ2) is 7.00. The van der Waals surface area contributed by atoms with E-state index in [1.54, 1.807) is 0 Å². The van der Waals surface area contributed by atoms with Gasteiger partial charge in [0.25, 0.3) is 0 Å². The molecule has 1 amide bonds. The van der Waals surface area contributed by atoms with Crippen molar-refractivity contribution in [3.8, 4) is 0 Å². The van der Waals surface area contributed by atoms with Crippen molar-refractivity contribution in [1.29, 1.82) is 0 Å². The Bertz CT molecular complexity index is 238. The lowest BCUT2D eigenvalue weighted by atomic mass is 10.1. The molecule has 17 heavy (non-hydrogen) atoms. The zero-order chi connectivity index (χ0) is 12.8. The summed E-state index contributed by atoms with van der Waals surface area (Å²) in [5.74, 6) is 1.04. The topological polar surface area (TPSA) is 41.1 Å². The smallest absolute Gasteiger partial charge is 0.237 e. The molecule has 0 spiro atoms. The van der Waals surface area contributed by atoms with E-state index >= 15 is 0 Å². The molecular formula is C14H28N2O. The molecule has 3 nitrogen and oxygen atoms in total. The number of amides is 1. The molecule has 1 rings (SSSR count). The quantitative estimate of drug-likeness (QED) is 0.684. The van der Waals surface area contributed by atoms with Crippen LogP contribution in [-0.2, 0) is 4.79 Å². The molecule has 100 valence electrons. The van der Waals surface area contributed by atoms with Crippen LogP contribution in [0.2, 0.25) is 0 Å². The van der Waals surface area contributed by atoms with Crippen LogP contribution in [0.15, 0.2) is 0 Å². The van der Waals surface area contributed by atoms with Gasteiger partial charge < -0.3 is 10.6 Å². The fourth-order valence-electron chi connectivity index (χ4n) is 2.30. The Labute approximate surface area is 106 Å². The van der Waals surface area contributed by atoms with Gasteiger partial charge in [-0.2, -0.15) is 0 Å². The molecule has 1 aliphatic carbocycles. The van der Waals surface area contributed by atoms with Gasteiger partial charge in [-0.25, -0.2) is 0 Å². The highest BCUT2D eigenvalue weighted by Crippen LogP contribution is 2.33. The van der Waals surface area contributed by atoms with Gasteiger partial charge in [0.1, 0.15) is 0 Å². The van der Waals surface area contributed by atoms with Crippen molar-refractivity contribution in [2.24, 2.45) is 5.92 Å². The predicted octanol–water partition coefficient (Wildman–Crippen LogP) is 2.46. The third kappa shape index (κ3) is 6.06. The van der Waals surface area contributed by atoms with E-state index in [4.69, 9.17) is 0 Å². The number of rotatable bonds is 8. The van der Waals surface area contributed by atoms with Gasteiger partial charge in [0.15, 0.2) is 0 Å². The van der Waals surface area contributed by atoms with E-state index in [0.717, 1.165) is 18.8 Å². The lowest BCUT2D eigenvalue weighted by molar-refractivity contribution is -0.123. The fraction of sp³-hybridized carbons (Fsp3) is 0.929. The molecule has 1 saturated carbocycles. The Kier molecular flexibility index (Phi) is 5.96. The maximum absolute atomic E-state index is 11.9. The second-order valence-electron chi connectivity index (χ2n) is 5.67. The number of nitrogens with one attached hydrogen (secondary N) is 2. The monoisotopic (exact) mass is 240 g/mol. The van der Waals surface area contributed by atoms with Gasteiger partial charge in [-0.3, -0.25) is 4.79 Å². The van der Waals surface area contributed by atoms with E-state index in [1.165, 1.54) is 19.3 Å². The second-order valence-corrected chi connectivity index (χ2v) is 5.67. The van der Waals surface area contributed by atoms with Crippen molar-refractivity contribution >= 4 is 5.91 Å². The number of carbonyl (C=O) groups excluding carboxylic acids is 1. The molecule has 0 bridgehead atoms. The molecule has 2 N–H and O–H groups in total.